The van der Waals surface area contributed by atoms with E-state index in [1.165, 1.54) is 0 Å². The van der Waals surface area contributed by atoms with E-state index in [4.69, 9.17) is 4.98 Å². The Hall–Kier alpha value is -3.03. The summed E-state index contributed by atoms with van der Waals surface area (Å²) in [5.74, 6) is 1.19. The lowest BCUT2D eigenvalue weighted by atomic mass is 10.0. The minimum Gasteiger partial charge on any atom is -0.337 e. The summed E-state index contributed by atoms with van der Waals surface area (Å²) in [4.78, 5) is 27.7. The molecule has 0 N–H and O–H groups in total. The highest BCUT2D eigenvalue weighted by molar-refractivity contribution is 5.92. The normalized spacial score (nSPS) is 17.0. The lowest BCUT2D eigenvalue weighted by molar-refractivity contribution is 0.0780. The van der Waals surface area contributed by atoms with E-state index in [9.17, 15) is 4.79 Å². The molecular weight excluding hydrogens is 330 g/mol. The van der Waals surface area contributed by atoms with Crippen LogP contribution in [0.4, 0.5) is 0 Å². The Kier molecular flexibility index (Phi) is 4.24. The first kappa shape index (κ1) is 16.4. The van der Waals surface area contributed by atoms with Crippen molar-refractivity contribution in [3.05, 3.63) is 48.4 Å². The molecule has 0 spiro atoms. The molecule has 0 aliphatic carbocycles. The van der Waals surface area contributed by atoms with Gasteiger partial charge in [0, 0.05) is 52.0 Å². The van der Waals surface area contributed by atoms with Gasteiger partial charge in [-0.25, -0.2) is 9.97 Å². The maximum absolute atomic E-state index is 12.5. The van der Waals surface area contributed by atoms with E-state index in [1.807, 2.05) is 29.8 Å². The van der Waals surface area contributed by atoms with Gasteiger partial charge in [-0.2, -0.15) is 5.10 Å². The summed E-state index contributed by atoms with van der Waals surface area (Å²) < 4.78 is 3.58. The van der Waals surface area contributed by atoms with E-state index >= 15 is 0 Å². The molecule has 0 aromatic carbocycles. The number of hydrogen-bond donors (Lipinski definition) is 0. The second-order valence-electron chi connectivity index (χ2n) is 6.74. The average Bonchev–Trinajstić information content (AvgIpc) is 3.36. The smallest absolute Gasteiger partial charge is 0.274 e. The van der Waals surface area contributed by atoms with Gasteiger partial charge in [0.25, 0.3) is 5.91 Å². The number of aromatic nitrogens is 6. The van der Waals surface area contributed by atoms with E-state index in [1.54, 1.807) is 35.5 Å². The van der Waals surface area contributed by atoms with Crippen LogP contribution in [-0.4, -0.2) is 53.2 Å². The van der Waals surface area contributed by atoms with E-state index in [2.05, 4.69) is 15.1 Å². The first-order valence-corrected chi connectivity index (χ1v) is 8.67. The third-order valence-corrected chi connectivity index (χ3v) is 4.74. The topological polar surface area (TPSA) is 81.7 Å². The van der Waals surface area contributed by atoms with Gasteiger partial charge in [-0.05, 0) is 24.8 Å². The van der Waals surface area contributed by atoms with Gasteiger partial charge < -0.3 is 9.47 Å². The number of rotatable bonds is 4. The van der Waals surface area contributed by atoms with Crippen molar-refractivity contribution < 1.29 is 4.79 Å². The molecule has 3 aromatic heterocycles. The van der Waals surface area contributed by atoms with Crippen LogP contribution in [0.15, 0.2) is 37.1 Å². The quantitative estimate of drug-likeness (QED) is 0.708. The van der Waals surface area contributed by atoms with Crippen LogP contribution in [0.25, 0.3) is 11.5 Å². The second kappa shape index (κ2) is 6.70. The number of amides is 1. The van der Waals surface area contributed by atoms with Crippen molar-refractivity contribution in [1.29, 1.82) is 0 Å². The van der Waals surface area contributed by atoms with Crippen molar-refractivity contribution in [3.8, 4) is 11.5 Å². The predicted molar refractivity (Wildman–Crippen MR) is 95.2 cm³/mol. The van der Waals surface area contributed by atoms with Crippen molar-refractivity contribution >= 4 is 5.91 Å². The zero-order chi connectivity index (χ0) is 18.1. The van der Waals surface area contributed by atoms with Crippen molar-refractivity contribution in [2.24, 2.45) is 20.0 Å². The highest BCUT2D eigenvalue weighted by atomic mass is 16.2. The van der Waals surface area contributed by atoms with Gasteiger partial charge in [-0.15, -0.1) is 0 Å². The number of imidazole rings is 1. The molecule has 1 saturated heterocycles. The van der Waals surface area contributed by atoms with Crippen LogP contribution in [0.1, 0.15) is 22.6 Å². The van der Waals surface area contributed by atoms with Gasteiger partial charge in [0.15, 0.2) is 5.82 Å². The Morgan fingerprint density at radius 1 is 1.27 bits per heavy atom. The molecule has 3 aromatic rings. The standard InChI is InChI=1S/C18H21N7O/c1-23-8-5-20-17(23)16-11-19-10-14(21-16)9-13-3-7-25(12-13)18(26)15-4-6-24(2)22-15/h4-6,8,10-11,13H,3,7,9,12H2,1-2H3/t13-/m0/s1. The molecule has 8 heteroatoms. The van der Waals surface area contributed by atoms with Gasteiger partial charge in [-0.1, -0.05) is 0 Å². The molecule has 134 valence electrons. The van der Waals surface area contributed by atoms with Gasteiger partial charge >= 0.3 is 0 Å². The van der Waals surface area contributed by atoms with Crippen molar-refractivity contribution in [1.82, 2.24) is 34.2 Å². The number of aryl methyl sites for hydroxylation is 2. The molecular formula is C18H21N7O. The summed E-state index contributed by atoms with van der Waals surface area (Å²) >= 11 is 0. The minimum absolute atomic E-state index is 0.000875. The SMILES string of the molecule is Cn1ccc(C(=O)N2CC[C@@H](Cc3cncc(-c4nccn4C)n3)C2)n1. The monoisotopic (exact) mass is 351 g/mol. The van der Waals surface area contributed by atoms with Gasteiger partial charge in [-0.3, -0.25) is 14.5 Å². The Labute approximate surface area is 151 Å². The predicted octanol–water partition coefficient (Wildman–Crippen LogP) is 1.32. The summed E-state index contributed by atoms with van der Waals surface area (Å²) in [5.41, 5.74) is 2.21. The van der Waals surface area contributed by atoms with Crippen LogP contribution >= 0.6 is 0 Å². The number of carbonyl (C=O) groups is 1. The highest BCUT2D eigenvalue weighted by Crippen LogP contribution is 2.22. The van der Waals surface area contributed by atoms with Gasteiger partial charge in [0.05, 0.1) is 11.9 Å². The van der Waals surface area contributed by atoms with E-state index < -0.39 is 0 Å². The van der Waals surface area contributed by atoms with Crippen LogP contribution in [0.5, 0.6) is 0 Å². The average molecular weight is 351 g/mol. The van der Waals surface area contributed by atoms with Crippen LogP contribution < -0.4 is 0 Å². The minimum atomic E-state index is 0.000875. The van der Waals surface area contributed by atoms with Crippen LogP contribution in [0, 0.1) is 5.92 Å². The Balaban J connectivity index is 1.43. The van der Waals surface area contributed by atoms with Crippen molar-refractivity contribution in [2.45, 2.75) is 12.8 Å². The van der Waals surface area contributed by atoms with Crippen LogP contribution in [0.3, 0.4) is 0 Å². The van der Waals surface area contributed by atoms with Crippen molar-refractivity contribution in [2.75, 3.05) is 13.1 Å². The van der Waals surface area contributed by atoms with E-state index in [0.29, 0.717) is 11.6 Å². The molecule has 4 heterocycles. The summed E-state index contributed by atoms with van der Waals surface area (Å²) in [6.45, 7) is 1.48. The largest absolute Gasteiger partial charge is 0.337 e. The maximum Gasteiger partial charge on any atom is 0.274 e. The zero-order valence-corrected chi connectivity index (χ0v) is 14.9. The van der Waals surface area contributed by atoms with E-state index in [0.717, 1.165) is 43.1 Å². The molecule has 1 aliphatic heterocycles. The third-order valence-electron chi connectivity index (χ3n) is 4.74. The maximum atomic E-state index is 12.5. The second-order valence-corrected chi connectivity index (χ2v) is 6.74. The molecule has 1 aliphatic rings. The van der Waals surface area contributed by atoms with Gasteiger partial charge in [0.2, 0.25) is 0 Å². The molecule has 0 saturated carbocycles. The number of hydrogen-bond acceptors (Lipinski definition) is 5. The van der Waals surface area contributed by atoms with Crippen LogP contribution in [-0.2, 0) is 20.5 Å². The Morgan fingerprint density at radius 2 is 2.15 bits per heavy atom. The fourth-order valence-corrected chi connectivity index (χ4v) is 3.40. The Morgan fingerprint density at radius 3 is 2.88 bits per heavy atom. The summed E-state index contributed by atoms with van der Waals surface area (Å²) in [7, 11) is 3.76. The van der Waals surface area contributed by atoms with Crippen molar-refractivity contribution in [3.63, 3.8) is 0 Å². The molecule has 4 rings (SSSR count). The molecule has 26 heavy (non-hydrogen) atoms. The summed E-state index contributed by atoms with van der Waals surface area (Å²) in [5, 5.41) is 4.21. The molecule has 1 atom stereocenters. The molecule has 1 fully saturated rings. The first-order chi connectivity index (χ1) is 12.6. The fourth-order valence-electron chi connectivity index (χ4n) is 3.40. The molecule has 0 radical (unpaired) electrons. The molecule has 0 bridgehead atoms. The first-order valence-electron chi connectivity index (χ1n) is 8.67. The zero-order valence-electron chi connectivity index (χ0n) is 14.9. The molecule has 0 unspecified atom stereocenters. The third kappa shape index (κ3) is 3.22. The molecule has 1 amide bonds. The number of nitrogens with zero attached hydrogens (tertiary/aromatic N) is 7. The fraction of sp³-hybridized carbons (Fsp3) is 0.389. The lowest BCUT2D eigenvalue weighted by Gasteiger charge is -2.15. The van der Waals surface area contributed by atoms with E-state index in [-0.39, 0.29) is 5.91 Å². The lowest BCUT2D eigenvalue weighted by Crippen LogP contribution is -2.29. The van der Waals surface area contributed by atoms with Crippen LogP contribution in [0.2, 0.25) is 0 Å². The molecule has 8 nitrogen and oxygen atoms in total. The summed E-state index contributed by atoms with van der Waals surface area (Å²) in [6, 6.07) is 1.76. The van der Waals surface area contributed by atoms with Gasteiger partial charge in [0.1, 0.15) is 11.4 Å². The Bertz CT molecular complexity index is 929. The highest BCUT2D eigenvalue weighted by Gasteiger charge is 2.28. The summed E-state index contributed by atoms with van der Waals surface area (Å²) in [6.07, 6.45) is 10.7. The number of carbonyl (C=O) groups excluding carboxylic acids is 1. The number of likely N-dealkylation sites (tertiary alicyclic amines) is 1.